The van der Waals surface area contributed by atoms with Crippen LogP contribution in [0.1, 0.15) is 56.4 Å². The fourth-order valence-electron chi connectivity index (χ4n) is 5.59. The average molecular weight is 646 g/mol. The maximum absolute atomic E-state index is 12.3. The summed E-state index contributed by atoms with van der Waals surface area (Å²) in [6, 6.07) is 16.5. The second kappa shape index (κ2) is 14.5. The summed E-state index contributed by atoms with van der Waals surface area (Å²) in [5, 5.41) is 38.3. The summed E-state index contributed by atoms with van der Waals surface area (Å²) in [7, 11) is 0. The number of hydrogen-bond acceptors (Lipinski definition) is 10. The van der Waals surface area contributed by atoms with Crippen molar-refractivity contribution >= 4 is 29.0 Å². The molecule has 0 spiro atoms. The molecule has 0 saturated heterocycles. The number of aryl methyl sites for hydroxylation is 3. The van der Waals surface area contributed by atoms with Crippen LogP contribution in [0.3, 0.4) is 0 Å². The summed E-state index contributed by atoms with van der Waals surface area (Å²) in [5.41, 5.74) is 11.1. The number of fused-ring (bicyclic) bond motifs is 4. The summed E-state index contributed by atoms with van der Waals surface area (Å²) in [5.74, 6) is -3.28. The van der Waals surface area contributed by atoms with Crippen molar-refractivity contribution in [1.29, 1.82) is 0 Å². The summed E-state index contributed by atoms with van der Waals surface area (Å²) in [6.45, 7) is 3.57. The van der Waals surface area contributed by atoms with Gasteiger partial charge in [0.15, 0.2) is 11.5 Å². The number of carbonyl (C=O) groups excluding carboxylic acids is 3. The van der Waals surface area contributed by atoms with Crippen LogP contribution in [0.2, 0.25) is 0 Å². The van der Waals surface area contributed by atoms with Crippen molar-refractivity contribution in [2.24, 2.45) is 5.73 Å². The number of allylic oxidation sites excluding steroid dienone is 1. The number of nitrogens with two attached hydrogens (primary N) is 1. The monoisotopic (exact) mass is 645 g/mol. The van der Waals surface area contributed by atoms with Crippen LogP contribution in [0.15, 0.2) is 72.0 Å². The van der Waals surface area contributed by atoms with Gasteiger partial charge in [0.25, 0.3) is 17.3 Å². The largest absolute Gasteiger partial charge is 1.00 e. The topological polar surface area (TPSA) is 214 Å². The van der Waals surface area contributed by atoms with Gasteiger partial charge in [-0.05, 0) is 74.1 Å². The van der Waals surface area contributed by atoms with Gasteiger partial charge in [-0.2, -0.15) is 5.10 Å². The minimum atomic E-state index is -1.07. The van der Waals surface area contributed by atoms with Crippen LogP contribution in [-0.2, 0) is 28.8 Å². The van der Waals surface area contributed by atoms with E-state index >= 15 is 0 Å². The second-order valence-corrected chi connectivity index (χ2v) is 10.8. The molecular formula is C33H28LiN5O9. The Balaban J connectivity index is 0.000000218. The summed E-state index contributed by atoms with van der Waals surface area (Å²) in [4.78, 5) is 56.5. The Morgan fingerprint density at radius 3 is 2.02 bits per heavy atom. The number of benzene rings is 3. The Morgan fingerprint density at radius 1 is 0.896 bits per heavy atom. The molecule has 15 heteroatoms. The molecular weight excluding hydrogens is 617 g/mol. The van der Waals surface area contributed by atoms with Gasteiger partial charge in [-0.1, -0.05) is 29.8 Å². The zero-order valence-corrected chi connectivity index (χ0v) is 26.3. The number of carbonyl (C=O) groups is 3. The van der Waals surface area contributed by atoms with Gasteiger partial charge < -0.3 is 15.6 Å². The third-order valence-electron chi connectivity index (χ3n) is 7.90. The van der Waals surface area contributed by atoms with Crippen LogP contribution in [-0.4, -0.2) is 43.9 Å². The number of hydrogen-bond donors (Lipinski definition) is 1. The van der Waals surface area contributed by atoms with E-state index in [1.807, 2.05) is 31.2 Å². The first kappa shape index (κ1) is 35.3. The number of ketones is 1. The van der Waals surface area contributed by atoms with Crippen LogP contribution in [0.25, 0.3) is 16.9 Å². The molecule has 2 N–H and O–H groups in total. The maximum atomic E-state index is 12.3. The Bertz CT molecular complexity index is 2000. The zero-order chi connectivity index (χ0) is 34.0. The van der Waals surface area contributed by atoms with Crippen molar-refractivity contribution in [1.82, 2.24) is 9.78 Å². The van der Waals surface area contributed by atoms with Crippen molar-refractivity contribution in [3.05, 3.63) is 126 Å². The number of rotatable bonds is 6. The van der Waals surface area contributed by atoms with Crippen LogP contribution < -0.4 is 29.7 Å². The first-order valence-electron chi connectivity index (χ1n) is 14.6. The van der Waals surface area contributed by atoms with E-state index in [-0.39, 0.29) is 60.1 Å². The first-order chi connectivity index (χ1) is 22.4. The van der Waals surface area contributed by atoms with Crippen molar-refractivity contribution in [3.8, 4) is 16.9 Å². The standard InChI is InChI=1S/C19H16N4O3.C14H13NO6.Li/c1-11-2-6-13(7-3-11)22-18-15(17(21-22)19(20)24)9-5-12-4-8-14(23(25)26)10-16(12)18;1-2-21-14(18)13(17)10-6-4-8-3-5-9(15(19)20)7-11(8)12(10)16;/h2-4,6-8,10H,5,9H2,1H3,(H2,20,24);3,5,7,17H,2,4,6H2,1H3;/q;;+1/p-1/b;13-10-;. The molecule has 0 saturated carbocycles. The summed E-state index contributed by atoms with van der Waals surface area (Å²) < 4.78 is 6.25. The number of amides is 1. The smallest absolute Gasteiger partial charge is 0.867 e. The molecule has 14 nitrogen and oxygen atoms in total. The number of esters is 1. The van der Waals surface area contributed by atoms with E-state index in [9.17, 15) is 39.7 Å². The van der Waals surface area contributed by atoms with Crippen molar-refractivity contribution < 1.29 is 52.9 Å². The molecule has 0 fully saturated rings. The minimum absolute atomic E-state index is 0. The Kier molecular flexibility index (Phi) is 10.6. The van der Waals surface area contributed by atoms with E-state index in [4.69, 9.17) is 5.73 Å². The van der Waals surface area contributed by atoms with E-state index in [2.05, 4.69) is 9.84 Å². The molecule has 0 unspecified atom stereocenters. The fourth-order valence-corrected chi connectivity index (χ4v) is 5.59. The number of non-ortho nitro benzene ring substituents is 2. The number of nitrogens with zero attached hydrogens (tertiary/aromatic N) is 4. The SMILES string of the molecule is CCOC(=O)/C([O-])=C1\CCc2ccc([N+](=O)[O-])cc2C1=O.Cc1ccc(-n2nc(C(N)=O)c3c2-c2cc([N+](=O)[O-])ccc2CC3)cc1.[Li+]. The molecule has 2 aliphatic carbocycles. The molecule has 2 aliphatic rings. The average Bonchev–Trinajstić information content (AvgIpc) is 3.46. The molecule has 4 aromatic rings. The maximum Gasteiger partial charge on any atom is 1.00 e. The third-order valence-corrected chi connectivity index (χ3v) is 7.90. The quantitative estimate of drug-likeness (QED) is 0.0779. The molecule has 48 heavy (non-hydrogen) atoms. The number of nitro groups is 2. The predicted molar refractivity (Wildman–Crippen MR) is 166 cm³/mol. The van der Waals surface area contributed by atoms with Crippen molar-refractivity contribution in [2.75, 3.05) is 6.61 Å². The summed E-state index contributed by atoms with van der Waals surface area (Å²) in [6.07, 6.45) is 1.80. The van der Waals surface area contributed by atoms with Gasteiger partial charge in [0, 0.05) is 41.0 Å². The predicted octanol–water partition coefficient (Wildman–Crippen LogP) is 0.859. The van der Waals surface area contributed by atoms with Gasteiger partial charge >= 0.3 is 24.8 Å². The van der Waals surface area contributed by atoms with Gasteiger partial charge in [0.1, 0.15) is 0 Å². The van der Waals surface area contributed by atoms with Gasteiger partial charge in [-0.25, -0.2) is 9.48 Å². The van der Waals surface area contributed by atoms with Crippen molar-refractivity contribution in [3.63, 3.8) is 0 Å². The second-order valence-electron chi connectivity index (χ2n) is 10.8. The van der Waals surface area contributed by atoms with E-state index in [1.165, 1.54) is 18.2 Å². The molecule has 0 aliphatic heterocycles. The normalized spacial score (nSPS) is 13.8. The molecule has 6 rings (SSSR count). The third kappa shape index (κ3) is 6.90. The van der Waals surface area contributed by atoms with E-state index in [1.54, 1.807) is 23.7 Å². The van der Waals surface area contributed by atoms with Crippen molar-refractivity contribution in [2.45, 2.75) is 39.5 Å². The fraction of sp³-hybridized carbons (Fsp3) is 0.212. The van der Waals surface area contributed by atoms with Crippen LogP contribution in [0.5, 0.6) is 0 Å². The van der Waals surface area contributed by atoms with Gasteiger partial charge in [0.05, 0.1) is 27.8 Å². The number of nitro benzene ring substituents is 2. The van der Waals surface area contributed by atoms with Gasteiger partial charge in [0.2, 0.25) is 0 Å². The van der Waals surface area contributed by atoms with E-state index in [0.717, 1.165) is 34.0 Å². The Morgan fingerprint density at radius 2 is 1.46 bits per heavy atom. The molecule has 0 bridgehead atoms. The van der Waals surface area contributed by atoms with Gasteiger partial charge in [-0.15, -0.1) is 0 Å². The van der Waals surface area contributed by atoms with Crippen LogP contribution in [0.4, 0.5) is 11.4 Å². The molecule has 1 amide bonds. The van der Waals surface area contributed by atoms with Crippen LogP contribution >= 0.6 is 0 Å². The number of primary amides is 1. The van der Waals surface area contributed by atoms with Gasteiger partial charge in [-0.3, -0.25) is 29.8 Å². The number of aromatic nitrogens is 2. The zero-order valence-electron chi connectivity index (χ0n) is 26.3. The van der Waals surface area contributed by atoms with Crippen LogP contribution in [0, 0.1) is 27.2 Å². The molecule has 240 valence electrons. The molecule has 0 atom stereocenters. The van der Waals surface area contributed by atoms with E-state index in [0.29, 0.717) is 30.5 Å². The molecule has 3 aromatic carbocycles. The number of Topliss-reactive ketones (excluding diaryl/α,β-unsaturated/α-hetero) is 1. The molecule has 1 heterocycles. The Labute approximate surface area is 285 Å². The summed E-state index contributed by atoms with van der Waals surface area (Å²) >= 11 is 0. The number of ether oxygens (including phenoxy) is 1. The molecule has 0 radical (unpaired) electrons. The van der Waals surface area contributed by atoms with E-state index < -0.39 is 33.3 Å². The minimum Gasteiger partial charge on any atom is -0.867 e. The first-order valence-corrected chi connectivity index (χ1v) is 14.6. The Hall–Kier alpha value is -5.58. The molecule has 1 aromatic heterocycles.